The third-order valence-electron chi connectivity index (χ3n) is 1.17. The molecule has 7 heteroatoms. The van der Waals surface area contributed by atoms with E-state index in [1.54, 1.807) is 6.26 Å². The number of alkyl halides is 3. The van der Waals surface area contributed by atoms with Gasteiger partial charge in [-0.3, -0.25) is 0 Å². The molecule has 0 unspecified atom stereocenters. The molecule has 2 nitrogen and oxygen atoms in total. The van der Waals surface area contributed by atoms with Gasteiger partial charge in [-0.2, -0.15) is 13.2 Å². The topological polar surface area (TPSA) is 25.8 Å². The minimum Gasteiger partial charge on any atom is -0.230 e. The Morgan fingerprint density at radius 2 is 2.08 bits per heavy atom. The number of nitrogens with zero attached hydrogens (tertiary/aromatic N) is 2. The fourth-order valence-corrected chi connectivity index (χ4v) is 1.19. The Morgan fingerprint density at radius 3 is 2.54 bits per heavy atom. The molecule has 13 heavy (non-hydrogen) atoms. The predicted molar refractivity (Wildman–Crippen MR) is 43.8 cm³/mol. The maximum atomic E-state index is 12.2. The Kier molecular flexibility index (Phi) is 3.02. The van der Waals surface area contributed by atoms with Crippen molar-refractivity contribution in [2.45, 2.75) is 11.3 Å². The van der Waals surface area contributed by atoms with Crippen molar-refractivity contribution in [1.82, 2.24) is 9.97 Å². The van der Waals surface area contributed by atoms with Gasteiger partial charge in [0, 0.05) is 0 Å². The van der Waals surface area contributed by atoms with Gasteiger partial charge in [0.2, 0.25) is 0 Å². The summed E-state index contributed by atoms with van der Waals surface area (Å²) in [6.45, 7) is 0. The lowest BCUT2D eigenvalue weighted by molar-refractivity contribution is -0.141. The lowest BCUT2D eigenvalue weighted by atomic mass is 10.4. The van der Waals surface area contributed by atoms with Gasteiger partial charge in [-0.05, 0) is 6.26 Å². The smallest absolute Gasteiger partial charge is 0.230 e. The largest absolute Gasteiger partial charge is 0.434 e. The number of hydrogen-bond donors (Lipinski definition) is 0. The summed E-state index contributed by atoms with van der Waals surface area (Å²) in [6, 6.07) is 0. The number of hydrogen-bond acceptors (Lipinski definition) is 3. The van der Waals surface area contributed by atoms with E-state index in [1.807, 2.05) is 0 Å². The number of halogens is 4. The molecule has 0 radical (unpaired) electrons. The average Bonchev–Trinajstić information content (AvgIpc) is 2.03. The van der Waals surface area contributed by atoms with Gasteiger partial charge < -0.3 is 0 Å². The lowest BCUT2D eigenvalue weighted by Crippen LogP contribution is -2.10. The van der Waals surface area contributed by atoms with Crippen molar-refractivity contribution in [2.24, 2.45) is 0 Å². The molecule has 0 aliphatic carbocycles. The third kappa shape index (κ3) is 2.47. The first-order valence-corrected chi connectivity index (χ1v) is 4.69. The van der Waals surface area contributed by atoms with Crippen molar-refractivity contribution < 1.29 is 13.2 Å². The van der Waals surface area contributed by atoms with Crippen molar-refractivity contribution in [3.8, 4) is 0 Å². The average molecular weight is 229 g/mol. The number of thioether (sulfide) groups is 1. The molecule has 0 bridgehead atoms. The van der Waals surface area contributed by atoms with E-state index >= 15 is 0 Å². The van der Waals surface area contributed by atoms with Crippen LogP contribution in [-0.2, 0) is 6.18 Å². The molecule has 1 aromatic heterocycles. The second-order valence-corrected chi connectivity index (χ2v) is 3.23. The SMILES string of the molecule is CSc1ncc(Cl)c(C(F)(F)F)n1. The Balaban J connectivity index is 3.19. The molecule has 0 aliphatic heterocycles. The van der Waals surface area contributed by atoms with Crippen molar-refractivity contribution in [3.05, 3.63) is 16.9 Å². The van der Waals surface area contributed by atoms with Crippen LogP contribution < -0.4 is 0 Å². The molecule has 0 amide bonds. The van der Waals surface area contributed by atoms with Crippen LogP contribution in [0.3, 0.4) is 0 Å². The van der Waals surface area contributed by atoms with Crippen LogP contribution in [0.25, 0.3) is 0 Å². The lowest BCUT2D eigenvalue weighted by Gasteiger charge is -2.07. The molecule has 1 aromatic rings. The molecule has 1 heterocycles. The predicted octanol–water partition coefficient (Wildman–Crippen LogP) is 2.87. The third-order valence-corrected chi connectivity index (χ3v) is 2.01. The Bertz CT molecular complexity index is 315. The van der Waals surface area contributed by atoms with Crippen LogP contribution in [0, 0.1) is 0 Å². The standard InChI is InChI=1S/C6H4ClF3N2S/c1-13-5-11-2-3(7)4(12-5)6(8,9)10/h2H,1H3. The van der Waals surface area contributed by atoms with Gasteiger partial charge in [0.25, 0.3) is 0 Å². The fraction of sp³-hybridized carbons (Fsp3) is 0.333. The van der Waals surface area contributed by atoms with E-state index in [9.17, 15) is 13.2 Å². The molecule has 1 rings (SSSR count). The van der Waals surface area contributed by atoms with Gasteiger partial charge in [-0.1, -0.05) is 23.4 Å². The van der Waals surface area contributed by atoms with Gasteiger partial charge in [-0.15, -0.1) is 0 Å². The highest BCUT2D eigenvalue weighted by Crippen LogP contribution is 2.33. The molecular weight excluding hydrogens is 225 g/mol. The molecule has 0 aromatic carbocycles. The Labute approximate surface area is 81.5 Å². The van der Waals surface area contributed by atoms with E-state index in [-0.39, 0.29) is 5.16 Å². The highest BCUT2D eigenvalue weighted by molar-refractivity contribution is 7.98. The molecule has 0 N–H and O–H groups in total. The van der Waals surface area contributed by atoms with Gasteiger partial charge >= 0.3 is 6.18 Å². The molecule has 0 spiro atoms. The van der Waals surface area contributed by atoms with E-state index in [1.165, 1.54) is 0 Å². The van der Waals surface area contributed by atoms with Gasteiger partial charge in [0.15, 0.2) is 10.9 Å². The van der Waals surface area contributed by atoms with Crippen LogP contribution in [0.15, 0.2) is 11.4 Å². The van der Waals surface area contributed by atoms with Crippen molar-refractivity contribution in [1.29, 1.82) is 0 Å². The molecule has 0 atom stereocenters. The Hall–Kier alpha value is -0.490. The van der Waals surface area contributed by atoms with E-state index in [0.29, 0.717) is 0 Å². The van der Waals surface area contributed by atoms with E-state index in [2.05, 4.69) is 9.97 Å². The van der Waals surface area contributed by atoms with Crippen LogP contribution in [0.5, 0.6) is 0 Å². The van der Waals surface area contributed by atoms with Crippen molar-refractivity contribution in [2.75, 3.05) is 6.26 Å². The van der Waals surface area contributed by atoms with E-state index < -0.39 is 16.9 Å². The zero-order valence-electron chi connectivity index (χ0n) is 6.39. The minimum absolute atomic E-state index is 0.0525. The summed E-state index contributed by atoms with van der Waals surface area (Å²) in [4.78, 5) is 6.85. The zero-order chi connectivity index (χ0) is 10.1. The normalized spacial score (nSPS) is 11.8. The summed E-state index contributed by atoms with van der Waals surface area (Å²) in [5.41, 5.74) is -1.09. The highest BCUT2D eigenvalue weighted by Gasteiger charge is 2.35. The summed E-state index contributed by atoms with van der Waals surface area (Å²) in [7, 11) is 0. The number of aromatic nitrogens is 2. The van der Waals surface area contributed by atoms with Crippen LogP contribution in [0.2, 0.25) is 5.02 Å². The zero-order valence-corrected chi connectivity index (χ0v) is 7.96. The maximum absolute atomic E-state index is 12.2. The molecule has 0 fully saturated rings. The molecule has 0 saturated carbocycles. The van der Waals surface area contributed by atoms with Gasteiger partial charge in [0.05, 0.1) is 11.2 Å². The summed E-state index contributed by atoms with van der Waals surface area (Å²) in [6.07, 6.45) is -1.99. The summed E-state index contributed by atoms with van der Waals surface area (Å²) < 4.78 is 36.5. The van der Waals surface area contributed by atoms with E-state index in [0.717, 1.165) is 18.0 Å². The highest BCUT2D eigenvalue weighted by atomic mass is 35.5. The van der Waals surface area contributed by atoms with Crippen LogP contribution >= 0.6 is 23.4 Å². The molecule has 0 saturated heterocycles. The van der Waals surface area contributed by atoms with Crippen LogP contribution in [-0.4, -0.2) is 16.2 Å². The first-order chi connectivity index (χ1) is 5.95. The first kappa shape index (κ1) is 10.6. The van der Waals surface area contributed by atoms with Crippen molar-refractivity contribution >= 4 is 23.4 Å². The summed E-state index contributed by atoms with van der Waals surface area (Å²) >= 11 is 6.31. The first-order valence-electron chi connectivity index (χ1n) is 3.09. The fourth-order valence-electron chi connectivity index (χ4n) is 0.648. The van der Waals surface area contributed by atoms with E-state index in [4.69, 9.17) is 11.6 Å². The quantitative estimate of drug-likeness (QED) is 0.546. The second kappa shape index (κ2) is 3.71. The van der Waals surface area contributed by atoms with Crippen LogP contribution in [0.1, 0.15) is 5.69 Å². The van der Waals surface area contributed by atoms with Crippen LogP contribution in [0.4, 0.5) is 13.2 Å². The summed E-state index contributed by atoms with van der Waals surface area (Å²) in [5, 5.41) is -0.429. The number of rotatable bonds is 1. The minimum atomic E-state index is -4.52. The molecule has 0 aliphatic rings. The Morgan fingerprint density at radius 1 is 1.46 bits per heavy atom. The molecule has 72 valence electrons. The molecular formula is C6H4ClF3N2S. The summed E-state index contributed by atoms with van der Waals surface area (Å²) in [5.74, 6) is 0. The van der Waals surface area contributed by atoms with Gasteiger partial charge in [0.1, 0.15) is 0 Å². The maximum Gasteiger partial charge on any atom is 0.434 e. The van der Waals surface area contributed by atoms with Crippen molar-refractivity contribution in [3.63, 3.8) is 0 Å². The monoisotopic (exact) mass is 228 g/mol. The van der Waals surface area contributed by atoms with Gasteiger partial charge in [-0.25, -0.2) is 9.97 Å². The second-order valence-electron chi connectivity index (χ2n) is 2.05.